The van der Waals surface area contributed by atoms with E-state index in [1.807, 2.05) is 12.1 Å². The van der Waals surface area contributed by atoms with Crippen molar-refractivity contribution in [1.29, 1.82) is 0 Å². The number of benzene rings is 1. The van der Waals surface area contributed by atoms with Crippen molar-refractivity contribution in [2.24, 2.45) is 0 Å². The lowest BCUT2D eigenvalue weighted by Gasteiger charge is -2.22. The molecule has 1 saturated heterocycles. The summed E-state index contributed by atoms with van der Waals surface area (Å²) in [5.74, 6) is 0.0519. The van der Waals surface area contributed by atoms with Crippen molar-refractivity contribution in [1.82, 2.24) is 5.32 Å². The molecular weight excluding hydrogens is 244 g/mol. The predicted molar refractivity (Wildman–Crippen MR) is 74.0 cm³/mol. The molecule has 1 aromatic carbocycles. The molecular formula is C14H20N2O3. The minimum absolute atomic E-state index is 0.0173. The second kappa shape index (κ2) is 5.93. The fraction of sp³-hybridized carbons (Fsp3) is 0.500. The molecule has 0 amide bonds. The SMILES string of the molecule is COc1ccc(C)cc1N1CCC(NCC(=O)O)C1. The smallest absolute Gasteiger partial charge is 0.317 e. The second-order valence-corrected chi connectivity index (χ2v) is 4.88. The molecule has 0 saturated carbocycles. The third-order valence-corrected chi connectivity index (χ3v) is 3.41. The minimum Gasteiger partial charge on any atom is -0.495 e. The summed E-state index contributed by atoms with van der Waals surface area (Å²) in [5.41, 5.74) is 2.28. The zero-order chi connectivity index (χ0) is 13.8. The van der Waals surface area contributed by atoms with E-state index in [2.05, 4.69) is 23.2 Å². The van der Waals surface area contributed by atoms with Crippen molar-refractivity contribution in [3.8, 4) is 5.75 Å². The Morgan fingerprint density at radius 3 is 3.05 bits per heavy atom. The Kier molecular flexibility index (Phi) is 4.27. The molecule has 2 N–H and O–H groups in total. The Balaban J connectivity index is 2.04. The van der Waals surface area contributed by atoms with E-state index < -0.39 is 5.97 Å². The van der Waals surface area contributed by atoms with E-state index >= 15 is 0 Å². The normalized spacial score (nSPS) is 18.6. The van der Waals surface area contributed by atoms with Crippen LogP contribution in [-0.4, -0.2) is 43.9 Å². The highest BCUT2D eigenvalue weighted by atomic mass is 16.5. The van der Waals surface area contributed by atoms with Gasteiger partial charge in [-0.25, -0.2) is 0 Å². The van der Waals surface area contributed by atoms with E-state index in [-0.39, 0.29) is 12.6 Å². The van der Waals surface area contributed by atoms with Gasteiger partial charge in [-0.3, -0.25) is 4.79 Å². The van der Waals surface area contributed by atoms with Crippen LogP contribution < -0.4 is 15.0 Å². The average Bonchev–Trinajstić information content (AvgIpc) is 2.85. The van der Waals surface area contributed by atoms with Crippen LogP contribution in [0.15, 0.2) is 18.2 Å². The Morgan fingerprint density at radius 1 is 1.58 bits per heavy atom. The summed E-state index contributed by atoms with van der Waals surface area (Å²) in [6.07, 6.45) is 0.949. The zero-order valence-corrected chi connectivity index (χ0v) is 11.3. The van der Waals surface area contributed by atoms with Gasteiger partial charge in [-0.05, 0) is 31.0 Å². The van der Waals surface area contributed by atoms with Crippen molar-refractivity contribution in [2.75, 3.05) is 31.6 Å². The largest absolute Gasteiger partial charge is 0.495 e. The number of carboxylic acids is 1. The van der Waals surface area contributed by atoms with E-state index in [0.717, 1.165) is 30.9 Å². The maximum atomic E-state index is 10.6. The van der Waals surface area contributed by atoms with E-state index in [1.54, 1.807) is 7.11 Å². The van der Waals surface area contributed by atoms with Crippen molar-refractivity contribution < 1.29 is 14.6 Å². The molecule has 1 fully saturated rings. The molecule has 1 aromatic rings. The van der Waals surface area contributed by atoms with E-state index in [9.17, 15) is 4.79 Å². The second-order valence-electron chi connectivity index (χ2n) is 4.88. The molecule has 19 heavy (non-hydrogen) atoms. The first-order valence-corrected chi connectivity index (χ1v) is 6.45. The summed E-state index contributed by atoms with van der Waals surface area (Å²) in [6.45, 7) is 3.80. The van der Waals surface area contributed by atoms with Gasteiger partial charge >= 0.3 is 5.97 Å². The van der Waals surface area contributed by atoms with Crippen molar-refractivity contribution in [3.05, 3.63) is 23.8 Å². The lowest BCUT2D eigenvalue weighted by Crippen LogP contribution is -2.36. The topological polar surface area (TPSA) is 61.8 Å². The van der Waals surface area contributed by atoms with Crippen LogP contribution in [0.3, 0.4) is 0 Å². The lowest BCUT2D eigenvalue weighted by molar-refractivity contribution is -0.136. The van der Waals surface area contributed by atoms with Gasteiger partial charge < -0.3 is 20.1 Å². The van der Waals surface area contributed by atoms with Crippen LogP contribution in [-0.2, 0) is 4.79 Å². The van der Waals surface area contributed by atoms with Crippen LogP contribution in [0.5, 0.6) is 5.75 Å². The quantitative estimate of drug-likeness (QED) is 0.838. The Morgan fingerprint density at radius 2 is 2.37 bits per heavy atom. The summed E-state index contributed by atoms with van der Waals surface area (Å²) >= 11 is 0. The monoisotopic (exact) mass is 264 g/mol. The average molecular weight is 264 g/mol. The molecule has 0 aliphatic carbocycles. The van der Waals surface area contributed by atoms with E-state index in [1.165, 1.54) is 5.56 Å². The number of nitrogens with zero attached hydrogens (tertiary/aromatic N) is 1. The molecule has 1 atom stereocenters. The summed E-state index contributed by atoms with van der Waals surface area (Å²) in [7, 11) is 1.67. The molecule has 0 radical (unpaired) electrons. The molecule has 1 heterocycles. The zero-order valence-electron chi connectivity index (χ0n) is 11.3. The molecule has 5 nitrogen and oxygen atoms in total. The first-order valence-electron chi connectivity index (χ1n) is 6.45. The van der Waals surface area contributed by atoms with E-state index in [0.29, 0.717) is 0 Å². The Hall–Kier alpha value is -1.75. The minimum atomic E-state index is -0.813. The number of aliphatic carboxylic acids is 1. The predicted octanol–water partition coefficient (Wildman–Crippen LogP) is 1.26. The number of nitrogens with one attached hydrogen (secondary N) is 1. The molecule has 0 spiro atoms. The highest BCUT2D eigenvalue weighted by molar-refractivity contribution is 5.69. The number of ether oxygens (including phenoxy) is 1. The molecule has 104 valence electrons. The van der Waals surface area contributed by atoms with Crippen molar-refractivity contribution >= 4 is 11.7 Å². The number of rotatable bonds is 5. The standard InChI is InChI=1S/C14H20N2O3/c1-10-3-4-13(19-2)12(7-10)16-6-5-11(9-16)15-8-14(17)18/h3-4,7,11,15H,5-6,8-9H2,1-2H3,(H,17,18). The van der Waals surface area contributed by atoms with Gasteiger partial charge in [-0.1, -0.05) is 6.07 Å². The maximum Gasteiger partial charge on any atom is 0.317 e. The van der Waals surface area contributed by atoms with Crippen LogP contribution in [0.1, 0.15) is 12.0 Å². The van der Waals surface area contributed by atoms with E-state index in [4.69, 9.17) is 9.84 Å². The number of anilines is 1. The number of hydrogen-bond acceptors (Lipinski definition) is 4. The van der Waals surface area contributed by atoms with Gasteiger partial charge in [-0.15, -0.1) is 0 Å². The van der Waals surface area contributed by atoms with Gasteiger partial charge in [0.15, 0.2) is 0 Å². The third kappa shape index (κ3) is 3.38. The fourth-order valence-electron chi connectivity index (χ4n) is 2.42. The van der Waals surface area contributed by atoms with Gasteiger partial charge in [0.2, 0.25) is 0 Å². The molecule has 0 bridgehead atoms. The van der Waals surface area contributed by atoms with Crippen molar-refractivity contribution in [3.63, 3.8) is 0 Å². The first kappa shape index (κ1) is 13.7. The van der Waals surface area contributed by atoms with Crippen LogP contribution in [0.25, 0.3) is 0 Å². The lowest BCUT2D eigenvalue weighted by atomic mass is 10.2. The summed E-state index contributed by atoms with van der Waals surface area (Å²) in [5, 5.41) is 11.7. The van der Waals surface area contributed by atoms with Gasteiger partial charge in [-0.2, -0.15) is 0 Å². The van der Waals surface area contributed by atoms with Gasteiger partial charge in [0.05, 0.1) is 19.3 Å². The number of hydrogen-bond donors (Lipinski definition) is 2. The Labute approximate surface area is 113 Å². The summed E-state index contributed by atoms with van der Waals surface area (Å²) < 4.78 is 5.39. The molecule has 0 aromatic heterocycles. The number of carbonyl (C=O) groups is 1. The van der Waals surface area contributed by atoms with Crippen LogP contribution in [0.4, 0.5) is 5.69 Å². The van der Waals surface area contributed by atoms with Crippen LogP contribution in [0.2, 0.25) is 0 Å². The van der Waals surface area contributed by atoms with Crippen LogP contribution in [0, 0.1) is 6.92 Å². The number of aryl methyl sites for hydroxylation is 1. The maximum absolute atomic E-state index is 10.6. The highest BCUT2D eigenvalue weighted by Crippen LogP contribution is 2.31. The Bertz CT molecular complexity index is 462. The van der Waals surface area contributed by atoms with Crippen molar-refractivity contribution in [2.45, 2.75) is 19.4 Å². The molecule has 1 unspecified atom stereocenters. The molecule has 1 aliphatic heterocycles. The third-order valence-electron chi connectivity index (χ3n) is 3.41. The fourth-order valence-corrected chi connectivity index (χ4v) is 2.42. The van der Waals surface area contributed by atoms with Crippen LogP contribution >= 0.6 is 0 Å². The number of carboxylic acid groups (broad SMARTS) is 1. The molecule has 1 aliphatic rings. The molecule has 2 rings (SSSR count). The van der Waals surface area contributed by atoms with Gasteiger partial charge in [0, 0.05) is 19.1 Å². The first-order chi connectivity index (χ1) is 9.10. The van der Waals surface area contributed by atoms with Gasteiger partial charge in [0.25, 0.3) is 0 Å². The molecule has 5 heteroatoms. The highest BCUT2D eigenvalue weighted by Gasteiger charge is 2.24. The van der Waals surface area contributed by atoms with Gasteiger partial charge in [0.1, 0.15) is 5.75 Å². The summed E-state index contributed by atoms with van der Waals surface area (Å²) in [6, 6.07) is 6.33. The number of methoxy groups -OCH3 is 1. The summed E-state index contributed by atoms with van der Waals surface area (Å²) in [4.78, 5) is 12.8.